The third-order valence-corrected chi connectivity index (χ3v) is 12.4. The summed E-state index contributed by atoms with van der Waals surface area (Å²) in [6.07, 6.45) is 6.95. The zero-order chi connectivity index (χ0) is 45.6. The number of rotatable bonds is 21. The number of halogens is 1. The van der Waals surface area contributed by atoms with E-state index in [9.17, 15) is 29.0 Å². The maximum atomic E-state index is 13.8. The Morgan fingerprint density at radius 2 is 1.00 bits per heavy atom. The van der Waals surface area contributed by atoms with Gasteiger partial charge in [0.05, 0.1) is 48.5 Å². The number of Topliss-reactive ketones (excluding diaryl/α,β-unsaturated/α-hetero) is 1. The minimum atomic E-state index is -1.59. The quantitative estimate of drug-likeness (QED) is 0.0675. The zero-order valence-corrected chi connectivity index (χ0v) is 36.5. The first-order valence-electron chi connectivity index (χ1n) is 22.7. The largest absolute Gasteiger partial charge is 0.494 e. The monoisotopic (exact) mass is 890 g/mol. The molecule has 0 amide bonds. The first kappa shape index (κ1) is 43.9. The number of carboxylic acid groups (broad SMARTS) is 2. The van der Waals surface area contributed by atoms with Crippen molar-refractivity contribution < 1.29 is 47.9 Å². The highest BCUT2D eigenvalue weighted by molar-refractivity contribution is 6.11. The van der Waals surface area contributed by atoms with Gasteiger partial charge in [0.1, 0.15) is 28.8 Å². The number of nitrogens with zero attached hydrogens (tertiary/aromatic N) is 2. The number of carbonyl (C=O) groups is 3. The van der Waals surface area contributed by atoms with E-state index < -0.39 is 24.0 Å². The molecule has 9 rings (SSSR count). The van der Waals surface area contributed by atoms with E-state index in [4.69, 9.17) is 18.9 Å². The number of aliphatic carboxylic acids is 2. The Labute approximate surface area is 380 Å². The van der Waals surface area contributed by atoms with Gasteiger partial charge in [0.25, 0.3) is 0 Å². The summed E-state index contributed by atoms with van der Waals surface area (Å²) in [5.74, 6) is -0.447. The van der Waals surface area contributed by atoms with Crippen molar-refractivity contribution in [1.29, 1.82) is 0 Å². The highest BCUT2D eigenvalue weighted by atomic mass is 19.1. The van der Waals surface area contributed by atoms with Crippen molar-refractivity contribution >= 4 is 61.3 Å². The first-order valence-corrected chi connectivity index (χ1v) is 22.7. The van der Waals surface area contributed by atoms with Gasteiger partial charge in [0.2, 0.25) is 0 Å². The van der Waals surface area contributed by atoms with Crippen molar-refractivity contribution in [2.45, 2.75) is 69.9 Å². The summed E-state index contributed by atoms with van der Waals surface area (Å²) in [6, 6.07) is 34.5. The van der Waals surface area contributed by atoms with Gasteiger partial charge >= 0.3 is 11.9 Å². The van der Waals surface area contributed by atoms with Gasteiger partial charge in [0.15, 0.2) is 17.9 Å². The Kier molecular flexibility index (Phi) is 13.2. The van der Waals surface area contributed by atoms with Gasteiger partial charge in [-0.1, -0.05) is 54.6 Å². The fourth-order valence-electron chi connectivity index (χ4n) is 9.36. The molecule has 0 saturated carbocycles. The van der Waals surface area contributed by atoms with Crippen LogP contribution in [0, 0.1) is 5.82 Å². The van der Waals surface area contributed by atoms with Crippen molar-refractivity contribution in [1.82, 2.24) is 9.13 Å². The van der Waals surface area contributed by atoms with E-state index in [0.29, 0.717) is 72.2 Å². The Morgan fingerprint density at radius 3 is 1.53 bits per heavy atom. The van der Waals surface area contributed by atoms with E-state index >= 15 is 0 Å². The van der Waals surface area contributed by atoms with E-state index in [-0.39, 0.29) is 11.6 Å². The average molecular weight is 891 g/mol. The van der Waals surface area contributed by atoms with Gasteiger partial charge < -0.3 is 38.3 Å². The fourth-order valence-corrected chi connectivity index (χ4v) is 9.36. The van der Waals surface area contributed by atoms with Crippen LogP contribution >= 0.6 is 0 Å². The van der Waals surface area contributed by atoms with Gasteiger partial charge in [-0.2, -0.15) is 0 Å². The molecule has 12 heteroatoms. The van der Waals surface area contributed by atoms with E-state index in [2.05, 4.69) is 0 Å². The van der Waals surface area contributed by atoms with Crippen molar-refractivity contribution in [2.75, 3.05) is 26.4 Å². The zero-order valence-electron chi connectivity index (χ0n) is 36.5. The molecule has 2 N–H and O–H groups in total. The number of carbonyl (C=O) groups excluding carboxylic acids is 1. The summed E-state index contributed by atoms with van der Waals surface area (Å²) in [4.78, 5) is 39.9. The third-order valence-electron chi connectivity index (χ3n) is 12.4. The maximum absolute atomic E-state index is 13.8. The van der Waals surface area contributed by atoms with Crippen molar-refractivity contribution in [2.24, 2.45) is 0 Å². The molecule has 0 aliphatic heterocycles. The summed E-state index contributed by atoms with van der Waals surface area (Å²) in [5, 5.41) is 25.5. The van der Waals surface area contributed by atoms with Crippen molar-refractivity contribution in [3.8, 4) is 23.0 Å². The molecule has 338 valence electrons. The molecule has 1 aliphatic carbocycles. The lowest BCUT2D eigenvalue weighted by atomic mass is 9.90. The number of carboxylic acids is 2. The molecular formula is C54H51FN2O9. The number of unbranched alkanes of at least 4 members (excludes halogenated alkanes) is 4. The van der Waals surface area contributed by atoms with Crippen LogP contribution in [-0.4, -0.2) is 63.5 Å². The molecule has 8 aromatic rings. The minimum Gasteiger partial charge on any atom is -0.494 e. The maximum Gasteiger partial charge on any atom is 0.329 e. The number of hydrogen-bond acceptors (Lipinski definition) is 7. The molecule has 0 bridgehead atoms. The van der Waals surface area contributed by atoms with Crippen LogP contribution in [0.4, 0.5) is 4.39 Å². The molecular weight excluding hydrogens is 840 g/mol. The van der Waals surface area contributed by atoms with Crippen molar-refractivity contribution in [3.63, 3.8) is 0 Å². The average Bonchev–Trinajstić information content (AvgIpc) is 3.81. The second-order valence-electron chi connectivity index (χ2n) is 16.7. The van der Waals surface area contributed by atoms with Crippen LogP contribution in [0.15, 0.2) is 127 Å². The normalized spacial score (nSPS) is 13.5. The summed E-state index contributed by atoms with van der Waals surface area (Å²) >= 11 is 0. The second-order valence-corrected chi connectivity index (χ2v) is 16.7. The Morgan fingerprint density at radius 1 is 0.515 bits per heavy atom. The van der Waals surface area contributed by atoms with Crippen LogP contribution in [0.5, 0.6) is 23.0 Å². The van der Waals surface area contributed by atoms with Crippen LogP contribution in [-0.2, 0) is 16.0 Å². The van der Waals surface area contributed by atoms with E-state index in [0.717, 1.165) is 89.8 Å². The lowest BCUT2D eigenvalue weighted by Crippen LogP contribution is -2.34. The Bertz CT molecular complexity index is 3060. The molecule has 0 fully saturated rings. The molecule has 1 aliphatic rings. The molecule has 66 heavy (non-hydrogen) atoms. The first-order chi connectivity index (χ1) is 32.3. The smallest absolute Gasteiger partial charge is 0.329 e. The molecule has 2 heterocycles. The highest BCUT2D eigenvalue weighted by Crippen LogP contribution is 2.42. The summed E-state index contributed by atoms with van der Waals surface area (Å²) in [7, 11) is 0. The van der Waals surface area contributed by atoms with Crippen molar-refractivity contribution in [3.05, 3.63) is 144 Å². The number of para-hydroxylation sites is 2. The number of aromatic nitrogens is 2. The van der Waals surface area contributed by atoms with Crippen LogP contribution in [0.2, 0.25) is 0 Å². The van der Waals surface area contributed by atoms with E-state index in [1.165, 1.54) is 12.1 Å². The molecule has 6 aromatic carbocycles. The van der Waals surface area contributed by atoms with Crippen LogP contribution in [0.3, 0.4) is 0 Å². The van der Waals surface area contributed by atoms with Gasteiger partial charge in [-0.15, -0.1) is 0 Å². The number of hydrogen-bond donors (Lipinski definition) is 2. The molecule has 0 radical (unpaired) electrons. The molecule has 2 atom stereocenters. The second kappa shape index (κ2) is 19.8. The minimum absolute atomic E-state index is 0.174. The fraction of sp³-hybridized carbons (Fsp3) is 0.278. The van der Waals surface area contributed by atoms with Gasteiger partial charge in [-0.25, -0.2) is 14.0 Å². The predicted octanol–water partition coefficient (Wildman–Crippen LogP) is 11.8. The number of ketones is 1. The molecule has 0 saturated heterocycles. The lowest BCUT2D eigenvalue weighted by Gasteiger charge is -2.26. The summed E-state index contributed by atoms with van der Waals surface area (Å²) < 4.78 is 41.0. The summed E-state index contributed by atoms with van der Waals surface area (Å²) in [6.45, 7) is 1.77. The van der Waals surface area contributed by atoms with Gasteiger partial charge in [0, 0.05) is 57.3 Å². The Balaban J connectivity index is 0.937. The topological polar surface area (TPSA) is 138 Å². The summed E-state index contributed by atoms with van der Waals surface area (Å²) in [5.41, 5.74) is 4.01. The highest BCUT2D eigenvalue weighted by Gasteiger charge is 2.40. The predicted molar refractivity (Wildman–Crippen MR) is 252 cm³/mol. The lowest BCUT2D eigenvalue weighted by molar-refractivity contribution is -0.151. The number of fused-ring (bicyclic) bond motifs is 7. The van der Waals surface area contributed by atoms with Crippen LogP contribution in [0.25, 0.3) is 43.6 Å². The number of benzene rings is 6. The van der Waals surface area contributed by atoms with Crippen LogP contribution < -0.4 is 18.9 Å². The van der Waals surface area contributed by atoms with E-state index in [1.807, 2.05) is 91.0 Å². The SMILES string of the molecule is O=C1CCCc2c(OCCCCCOc3ccc4c5ccccc5n(C(C(=O)O)C(C(=O)O)n5c6ccccc6c6ccc(OCCCCCOc7cccc(F)c7)cc65)c4c3)cccc21. The standard InChI is InChI=1S/C54H51FN2O9/c55-35-14-11-15-36(32-35)63-28-7-1-8-29-64-37-24-26-41-39-16-3-5-20-45(39)56(47(41)33-37)51(53(59)60)52(54(61)62)57-46-21-6-4-17-40(46)42-27-25-38(34-48(42)57)65-30-9-2-10-31-66-50-23-13-18-43-44(50)19-12-22-49(43)58/h3-6,11,13-18,20-21,23-27,32-34,51-52H,1-2,7-10,12,19,22,28-31H2,(H,59,60)(H,61,62). The number of ether oxygens (including phenoxy) is 4. The molecule has 2 aromatic heterocycles. The van der Waals surface area contributed by atoms with Gasteiger partial charge in [-0.05, 0) is 106 Å². The molecule has 0 spiro atoms. The van der Waals surface area contributed by atoms with E-state index in [1.54, 1.807) is 33.4 Å². The third kappa shape index (κ3) is 9.13. The molecule has 2 unspecified atom stereocenters. The Hall–Kier alpha value is -7.34. The van der Waals surface area contributed by atoms with Gasteiger partial charge in [-0.3, -0.25) is 4.79 Å². The van der Waals surface area contributed by atoms with Crippen LogP contribution in [0.1, 0.15) is 79.4 Å². The molecule has 11 nitrogen and oxygen atoms in total.